The largest absolute Gasteiger partial charge is 0.467 e. The summed E-state index contributed by atoms with van der Waals surface area (Å²) in [5.74, 6) is -0.766. The van der Waals surface area contributed by atoms with Crippen LogP contribution in [0.5, 0.6) is 0 Å². The second kappa shape index (κ2) is 4.27. The Morgan fingerprint density at radius 3 is 2.80 bits per heavy atom. The van der Waals surface area contributed by atoms with Gasteiger partial charge in [-0.3, -0.25) is 4.79 Å². The second-order valence-corrected chi connectivity index (χ2v) is 3.43. The van der Waals surface area contributed by atoms with Crippen molar-refractivity contribution in [2.75, 3.05) is 7.11 Å². The molecule has 0 saturated heterocycles. The van der Waals surface area contributed by atoms with Crippen LogP contribution in [0, 0.1) is 0 Å². The Kier molecular flexibility index (Phi) is 3.26. The minimum atomic E-state index is -1.69. The Labute approximate surface area is 86.9 Å². The summed E-state index contributed by atoms with van der Waals surface area (Å²) >= 11 is 0. The zero-order valence-electron chi connectivity index (χ0n) is 8.64. The summed E-state index contributed by atoms with van der Waals surface area (Å²) in [6, 6.07) is 4.59. The number of carbonyl (C=O) groups excluding carboxylic acids is 1. The van der Waals surface area contributed by atoms with Gasteiger partial charge in [0.05, 0.1) is 13.7 Å². The third kappa shape index (κ3) is 2.66. The van der Waals surface area contributed by atoms with E-state index in [1.807, 2.05) is 0 Å². The number of aliphatic hydroxyl groups is 1. The lowest BCUT2D eigenvalue weighted by Crippen LogP contribution is -2.42. The highest BCUT2D eigenvalue weighted by atomic mass is 16.5. The van der Waals surface area contributed by atoms with E-state index in [2.05, 4.69) is 4.74 Å². The van der Waals surface area contributed by atoms with Gasteiger partial charge >= 0.3 is 5.97 Å². The van der Waals surface area contributed by atoms with E-state index in [0.29, 0.717) is 0 Å². The molecule has 1 rings (SSSR count). The van der Waals surface area contributed by atoms with E-state index in [-0.39, 0.29) is 12.1 Å². The number of carbonyl (C=O) groups is 1. The standard InChI is InChI=1S/C10H13NO4/c1-10(14,9(13)15-2)7-11-6-4-3-5-8(11)12/h3-6,14H,7H2,1-2H3/t10-/m1/s1. The molecule has 0 aliphatic carbocycles. The number of pyridine rings is 1. The molecular weight excluding hydrogens is 198 g/mol. The number of hydrogen-bond donors (Lipinski definition) is 1. The molecule has 0 fully saturated rings. The average molecular weight is 211 g/mol. The topological polar surface area (TPSA) is 68.5 Å². The summed E-state index contributed by atoms with van der Waals surface area (Å²) < 4.78 is 5.67. The number of methoxy groups -OCH3 is 1. The molecule has 0 bridgehead atoms. The first-order valence-corrected chi connectivity index (χ1v) is 4.43. The van der Waals surface area contributed by atoms with Crippen molar-refractivity contribution < 1.29 is 14.6 Å². The van der Waals surface area contributed by atoms with Crippen molar-refractivity contribution in [1.82, 2.24) is 4.57 Å². The zero-order chi connectivity index (χ0) is 11.5. The molecular formula is C10H13NO4. The molecule has 1 atom stereocenters. The summed E-state index contributed by atoms with van der Waals surface area (Å²) in [5, 5.41) is 9.73. The quantitative estimate of drug-likeness (QED) is 0.701. The van der Waals surface area contributed by atoms with Crippen molar-refractivity contribution in [3.63, 3.8) is 0 Å². The van der Waals surface area contributed by atoms with E-state index in [1.54, 1.807) is 12.1 Å². The van der Waals surface area contributed by atoms with Gasteiger partial charge in [-0.1, -0.05) is 6.07 Å². The molecule has 82 valence electrons. The fraction of sp³-hybridized carbons (Fsp3) is 0.400. The van der Waals surface area contributed by atoms with Crippen LogP contribution in [-0.2, 0) is 16.1 Å². The molecule has 0 aliphatic rings. The Hall–Kier alpha value is -1.62. The van der Waals surface area contributed by atoms with E-state index in [0.717, 1.165) is 0 Å². The number of rotatable bonds is 3. The molecule has 15 heavy (non-hydrogen) atoms. The van der Waals surface area contributed by atoms with Crippen LogP contribution in [0.1, 0.15) is 6.92 Å². The highest BCUT2D eigenvalue weighted by Crippen LogP contribution is 2.07. The Bertz CT molecular complexity index is 408. The van der Waals surface area contributed by atoms with Gasteiger partial charge < -0.3 is 14.4 Å². The molecule has 0 radical (unpaired) electrons. The molecule has 0 amide bonds. The van der Waals surface area contributed by atoms with Crippen molar-refractivity contribution >= 4 is 5.97 Å². The van der Waals surface area contributed by atoms with E-state index in [1.165, 1.54) is 30.9 Å². The molecule has 0 unspecified atom stereocenters. The molecule has 5 heteroatoms. The lowest BCUT2D eigenvalue weighted by Gasteiger charge is -2.20. The van der Waals surface area contributed by atoms with Crippen LogP contribution < -0.4 is 5.56 Å². The van der Waals surface area contributed by atoms with Gasteiger partial charge in [-0.15, -0.1) is 0 Å². The summed E-state index contributed by atoms with van der Waals surface area (Å²) in [7, 11) is 1.19. The van der Waals surface area contributed by atoms with Crippen LogP contribution in [0.25, 0.3) is 0 Å². The smallest absolute Gasteiger partial charge is 0.339 e. The third-order valence-corrected chi connectivity index (χ3v) is 2.00. The van der Waals surface area contributed by atoms with Gasteiger partial charge in [0, 0.05) is 12.3 Å². The highest BCUT2D eigenvalue weighted by molar-refractivity contribution is 5.78. The number of hydrogen-bond acceptors (Lipinski definition) is 4. The molecule has 0 spiro atoms. The Morgan fingerprint density at radius 1 is 1.60 bits per heavy atom. The molecule has 1 N–H and O–H groups in total. The summed E-state index contributed by atoms with van der Waals surface area (Å²) in [6.45, 7) is 1.18. The number of ether oxygens (including phenoxy) is 1. The van der Waals surface area contributed by atoms with Crippen molar-refractivity contribution in [2.45, 2.75) is 19.1 Å². The van der Waals surface area contributed by atoms with E-state index in [9.17, 15) is 14.7 Å². The van der Waals surface area contributed by atoms with Crippen LogP contribution in [0.4, 0.5) is 0 Å². The van der Waals surface area contributed by atoms with Gasteiger partial charge in [-0.05, 0) is 13.0 Å². The minimum absolute atomic E-state index is 0.126. The maximum absolute atomic E-state index is 11.3. The van der Waals surface area contributed by atoms with E-state index in [4.69, 9.17) is 0 Å². The van der Waals surface area contributed by atoms with Crippen molar-refractivity contribution in [3.8, 4) is 0 Å². The molecule has 1 aromatic rings. The monoisotopic (exact) mass is 211 g/mol. The zero-order valence-corrected chi connectivity index (χ0v) is 8.64. The fourth-order valence-electron chi connectivity index (χ4n) is 1.21. The summed E-state index contributed by atoms with van der Waals surface area (Å²) in [5.41, 5.74) is -1.97. The average Bonchev–Trinajstić information content (AvgIpc) is 2.20. The van der Waals surface area contributed by atoms with Gasteiger partial charge in [0.25, 0.3) is 5.56 Å². The molecule has 1 heterocycles. The molecule has 0 aliphatic heterocycles. The predicted molar refractivity (Wildman–Crippen MR) is 53.3 cm³/mol. The predicted octanol–water partition coefficient (Wildman–Crippen LogP) is -0.228. The molecule has 1 aromatic heterocycles. The van der Waals surface area contributed by atoms with Gasteiger partial charge in [-0.25, -0.2) is 4.79 Å². The second-order valence-electron chi connectivity index (χ2n) is 3.43. The lowest BCUT2D eigenvalue weighted by atomic mass is 10.1. The first-order valence-electron chi connectivity index (χ1n) is 4.43. The highest BCUT2D eigenvalue weighted by Gasteiger charge is 2.32. The Balaban J connectivity index is 2.91. The van der Waals surface area contributed by atoms with E-state index < -0.39 is 11.6 Å². The van der Waals surface area contributed by atoms with Crippen LogP contribution >= 0.6 is 0 Å². The fourth-order valence-corrected chi connectivity index (χ4v) is 1.21. The third-order valence-electron chi connectivity index (χ3n) is 2.00. The first kappa shape index (κ1) is 11.5. The van der Waals surface area contributed by atoms with Crippen molar-refractivity contribution in [1.29, 1.82) is 0 Å². The molecule has 0 saturated carbocycles. The number of aromatic nitrogens is 1. The first-order chi connectivity index (χ1) is 6.97. The molecule has 0 aromatic carbocycles. The normalized spacial score (nSPS) is 14.3. The minimum Gasteiger partial charge on any atom is -0.467 e. The van der Waals surface area contributed by atoms with Gasteiger partial charge in [0.1, 0.15) is 0 Å². The van der Waals surface area contributed by atoms with Gasteiger partial charge in [0.15, 0.2) is 5.60 Å². The molecule has 5 nitrogen and oxygen atoms in total. The van der Waals surface area contributed by atoms with Gasteiger partial charge in [0.2, 0.25) is 0 Å². The van der Waals surface area contributed by atoms with E-state index >= 15 is 0 Å². The van der Waals surface area contributed by atoms with Crippen LogP contribution in [-0.4, -0.2) is 28.4 Å². The summed E-state index contributed by atoms with van der Waals surface area (Å²) in [6.07, 6.45) is 1.50. The maximum Gasteiger partial charge on any atom is 0.339 e. The van der Waals surface area contributed by atoms with Crippen LogP contribution in [0.3, 0.4) is 0 Å². The Morgan fingerprint density at radius 2 is 2.27 bits per heavy atom. The SMILES string of the molecule is COC(=O)[C@](C)(O)Cn1ccccc1=O. The summed E-state index contributed by atoms with van der Waals surface area (Å²) in [4.78, 5) is 22.5. The number of nitrogens with zero attached hydrogens (tertiary/aromatic N) is 1. The van der Waals surface area contributed by atoms with Crippen LogP contribution in [0.2, 0.25) is 0 Å². The van der Waals surface area contributed by atoms with Crippen molar-refractivity contribution in [2.24, 2.45) is 0 Å². The van der Waals surface area contributed by atoms with Gasteiger partial charge in [-0.2, -0.15) is 0 Å². The lowest BCUT2D eigenvalue weighted by molar-refractivity contribution is -0.161. The maximum atomic E-state index is 11.3. The van der Waals surface area contributed by atoms with Crippen molar-refractivity contribution in [3.05, 3.63) is 34.7 Å². The number of esters is 1. The van der Waals surface area contributed by atoms with Crippen LogP contribution in [0.15, 0.2) is 29.2 Å².